The minimum absolute atomic E-state index is 0.883. The van der Waals surface area contributed by atoms with Crippen LogP contribution in [0.2, 0.25) is 0 Å². The molecule has 2 aromatic rings. The molecule has 0 saturated carbocycles. The van der Waals surface area contributed by atoms with Crippen molar-refractivity contribution in [2.75, 3.05) is 7.11 Å². The van der Waals surface area contributed by atoms with Gasteiger partial charge in [-0.05, 0) is 30.7 Å². The molecule has 2 rings (SSSR count). The van der Waals surface area contributed by atoms with Crippen molar-refractivity contribution >= 4 is 0 Å². The molecule has 1 aromatic heterocycles. The lowest BCUT2D eigenvalue weighted by atomic mass is 10.1. The number of benzene rings is 1. The largest absolute Gasteiger partial charge is 0.497 e. The Morgan fingerprint density at radius 2 is 2.00 bits per heavy atom. The lowest BCUT2D eigenvalue weighted by Crippen LogP contribution is -1.98. The van der Waals surface area contributed by atoms with Crippen molar-refractivity contribution in [1.29, 1.82) is 0 Å². The van der Waals surface area contributed by atoms with Crippen molar-refractivity contribution in [3.8, 4) is 17.0 Å². The van der Waals surface area contributed by atoms with E-state index in [-0.39, 0.29) is 0 Å². The third-order valence-corrected chi connectivity index (χ3v) is 2.85. The van der Waals surface area contributed by atoms with Crippen molar-refractivity contribution in [3.63, 3.8) is 0 Å². The number of methoxy groups -OCH3 is 1. The highest BCUT2D eigenvalue weighted by molar-refractivity contribution is 5.59. The summed E-state index contributed by atoms with van der Waals surface area (Å²) in [4.78, 5) is 4.23. The van der Waals surface area contributed by atoms with Gasteiger partial charge >= 0.3 is 0 Å². The van der Waals surface area contributed by atoms with E-state index in [9.17, 15) is 0 Å². The molecule has 3 nitrogen and oxygen atoms in total. The van der Waals surface area contributed by atoms with E-state index in [2.05, 4.69) is 28.6 Å². The lowest BCUT2D eigenvalue weighted by Gasteiger charge is -2.08. The molecular weight excluding hydrogens is 212 g/mol. The molecule has 3 heteroatoms. The highest BCUT2D eigenvalue weighted by Gasteiger charge is 2.04. The number of rotatable bonds is 5. The van der Waals surface area contributed by atoms with Crippen LogP contribution in [0.15, 0.2) is 36.8 Å². The number of aryl methyl sites for hydroxylation is 1. The molecule has 0 aliphatic carbocycles. The Labute approximate surface area is 102 Å². The van der Waals surface area contributed by atoms with Crippen LogP contribution in [0.1, 0.15) is 19.8 Å². The van der Waals surface area contributed by atoms with Gasteiger partial charge in [0.05, 0.1) is 25.3 Å². The molecule has 0 spiro atoms. The van der Waals surface area contributed by atoms with E-state index in [4.69, 9.17) is 4.74 Å². The van der Waals surface area contributed by atoms with Crippen LogP contribution in [0, 0.1) is 0 Å². The fourth-order valence-corrected chi connectivity index (χ4v) is 1.83. The molecule has 1 aromatic carbocycles. The van der Waals surface area contributed by atoms with Crippen LogP contribution in [0.5, 0.6) is 5.75 Å². The predicted molar refractivity (Wildman–Crippen MR) is 69.1 cm³/mol. The summed E-state index contributed by atoms with van der Waals surface area (Å²) in [6.45, 7) is 3.22. The normalized spacial score (nSPS) is 10.5. The van der Waals surface area contributed by atoms with E-state index in [1.165, 1.54) is 24.1 Å². The molecule has 0 N–H and O–H groups in total. The van der Waals surface area contributed by atoms with Crippen LogP contribution in [0.25, 0.3) is 11.3 Å². The van der Waals surface area contributed by atoms with Gasteiger partial charge in [-0.25, -0.2) is 4.98 Å². The standard InChI is InChI=1S/C14H18N2O/c1-3-4-9-16-11-15-10-14(16)12-5-7-13(17-2)8-6-12/h5-8,10-11H,3-4,9H2,1-2H3. The fraction of sp³-hybridized carbons (Fsp3) is 0.357. The molecule has 0 unspecified atom stereocenters. The van der Waals surface area contributed by atoms with Gasteiger partial charge in [0.25, 0.3) is 0 Å². The second-order valence-electron chi connectivity index (χ2n) is 4.05. The van der Waals surface area contributed by atoms with Crippen molar-refractivity contribution in [2.45, 2.75) is 26.3 Å². The number of hydrogen-bond acceptors (Lipinski definition) is 2. The zero-order valence-electron chi connectivity index (χ0n) is 10.4. The van der Waals surface area contributed by atoms with Crippen LogP contribution in [0.4, 0.5) is 0 Å². The van der Waals surface area contributed by atoms with Crippen LogP contribution >= 0.6 is 0 Å². The average molecular weight is 230 g/mol. The zero-order chi connectivity index (χ0) is 12.1. The van der Waals surface area contributed by atoms with Gasteiger partial charge in [0.1, 0.15) is 5.75 Å². The molecular formula is C14H18N2O. The highest BCUT2D eigenvalue weighted by atomic mass is 16.5. The Hall–Kier alpha value is -1.77. The molecule has 90 valence electrons. The Morgan fingerprint density at radius 1 is 1.24 bits per heavy atom. The summed E-state index contributed by atoms with van der Waals surface area (Å²) >= 11 is 0. The molecule has 0 atom stereocenters. The van der Waals surface area contributed by atoms with Crippen molar-refractivity contribution in [3.05, 3.63) is 36.8 Å². The first-order valence-corrected chi connectivity index (χ1v) is 5.99. The van der Waals surface area contributed by atoms with Gasteiger partial charge < -0.3 is 9.30 Å². The molecule has 0 radical (unpaired) electrons. The van der Waals surface area contributed by atoms with Gasteiger partial charge in [0.15, 0.2) is 0 Å². The van der Waals surface area contributed by atoms with Gasteiger partial charge in [-0.3, -0.25) is 0 Å². The molecule has 0 saturated heterocycles. The quantitative estimate of drug-likeness (QED) is 0.787. The number of unbranched alkanes of at least 4 members (excludes halogenated alkanes) is 1. The summed E-state index contributed by atoms with van der Waals surface area (Å²) < 4.78 is 7.36. The first-order chi connectivity index (χ1) is 8.35. The third kappa shape index (κ3) is 2.67. The molecule has 0 amide bonds. The predicted octanol–water partition coefficient (Wildman–Crippen LogP) is 3.36. The Balaban J connectivity index is 2.23. The van der Waals surface area contributed by atoms with E-state index in [0.29, 0.717) is 0 Å². The topological polar surface area (TPSA) is 27.1 Å². The van der Waals surface area contributed by atoms with Gasteiger partial charge in [-0.15, -0.1) is 0 Å². The smallest absolute Gasteiger partial charge is 0.118 e. The van der Waals surface area contributed by atoms with Gasteiger partial charge in [0, 0.05) is 12.1 Å². The third-order valence-electron chi connectivity index (χ3n) is 2.85. The minimum Gasteiger partial charge on any atom is -0.497 e. The maximum Gasteiger partial charge on any atom is 0.118 e. The Kier molecular flexibility index (Phi) is 3.81. The Bertz CT molecular complexity index is 459. The van der Waals surface area contributed by atoms with Gasteiger partial charge in [-0.1, -0.05) is 13.3 Å². The number of hydrogen-bond donors (Lipinski definition) is 0. The monoisotopic (exact) mass is 230 g/mol. The lowest BCUT2D eigenvalue weighted by molar-refractivity contribution is 0.415. The SMILES string of the molecule is CCCCn1cncc1-c1ccc(OC)cc1. The second kappa shape index (κ2) is 5.53. The first-order valence-electron chi connectivity index (χ1n) is 5.99. The minimum atomic E-state index is 0.883. The number of imidazole rings is 1. The maximum atomic E-state index is 5.16. The summed E-state index contributed by atoms with van der Waals surface area (Å²) in [5, 5.41) is 0. The molecule has 17 heavy (non-hydrogen) atoms. The molecule has 0 aliphatic heterocycles. The van der Waals surface area contributed by atoms with E-state index in [0.717, 1.165) is 12.3 Å². The summed E-state index contributed by atoms with van der Waals surface area (Å²) in [7, 11) is 1.68. The number of ether oxygens (including phenoxy) is 1. The first kappa shape index (κ1) is 11.7. The molecule has 0 fully saturated rings. The summed E-state index contributed by atoms with van der Waals surface area (Å²) in [5.41, 5.74) is 2.35. The fourth-order valence-electron chi connectivity index (χ4n) is 1.83. The van der Waals surface area contributed by atoms with Crippen molar-refractivity contribution in [1.82, 2.24) is 9.55 Å². The van der Waals surface area contributed by atoms with E-state index in [1.807, 2.05) is 24.7 Å². The van der Waals surface area contributed by atoms with Crippen LogP contribution in [0.3, 0.4) is 0 Å². The number of nitrogens with zero attached hydrogens (tertiary/aromatic N) is 2. The summed E-state index contributed by atoms with van der Waals surface area (Å²) in [6, 6.07) is 8.09. The molecule has 0 aliphatic rings. The summed E-state index contributed by atoms with van der Waals surface area (Å²) in [6.07, 6.45) is 6.19. The maximum absolute atomic E-state index is 5.16. The van der Waals surface area contributed by atoms with Crippen LogP contribution in [-0.4, -0.2) is 16.7 Å². The zero-order valence-corrected chi connectivity index (χ0v) is 10.4. The van der Waals surface area contributed by atoms with Crippen LogP contribution < -0.4 is 4.74 Å². The van der Waals surface area contributed by atoms with Gasteiger partial charge in [0.2, 0.25) is 0 Å². The van der Waals surface area contributed by atoms with Crippen molar-refractivity contribution < 1.29 is 4.74 Å². The highest BCUT2D eigenvalue weighted by Crippen LogP contribution is 2.22. The van der Waals surface area contributed by atoms with Crippen molar-refractivity contribution in [2.24, 2.45) is 0 Å². The molecule has 1 heterocycles. The average Bonchev–Trinajstić information content (AvgIpc) is 2.84. The number of aromatic nitrogens is 2. The van der Waals surface area contributed by atoms with Crippen LogP contribution in [-0.2, 0) is 6.54 Å². The van der Waals surface area contributed by atoms with E-state index < -0.39 is 0 Å². The summed E-state index contributed by atoms with van der Waals surface area (Å²) in [5.74, 6) is 0.883. The second-order valence-corrected chi connectivity index (χ2v) is 4.05. The molecule has 0 bridgehead atoms. The Morgan fingerprint density at radius 3 is 2.65 bits per heavy atom. The van der Waals surface area contributed by atoms with E-state index >= 15 is 0 Å². The van der Waals surface area contributed by atoms with Gasteiger partial charge in [-0.2, -0.15) is 0 Å². The van der Waals surface area contributed by atoms with E-state index in [1.54, 1.807) is 7.11 Å².